The molecule has 0 saturated carbocycles. The van der Waals surface area contributed by atoms with Gasteiger partial charge in [-0.25, -0.2) is 0 Å². The first kappa shape index (κ1) is 24.0. The van der Waals surface area contributed by atoms with Crippen LogP contribution in [-0.2, 0) is 11.0 Å². The number of aryl methyl sites for hydroxylation is 1. The molecule has 1 amide bonds. The third kappa shape index (κ3) is 5.77. The summed E-state index contributed by atoms with van der Waals surface area (Å²) in [6, 6.07) is 16.7. The molecular formula is C24H16F3N3O4. The predicted molar refractivity (Wildman–Crippen MR) is 118 cm³/mol. The van der Waals surface area contributed by atoms with E-state index < -0.39 is 34.0 Å². The van der Waals surface area contributed by atoms with Crippen molar-refractivity contribution >= 4 is 23.4 Å². The highest BCUT2D eigenvalue weighted by atomic mass is 19.4. The lowest BCUT2D eigenvalue weighted by Gasteiger charge is -2.10. The van der Waals surface area contributed by atoms with Crippen LogP contribution in [0, 0.1) is 28.4 Å². The molecule has 0 aliphatic carbocycles. The number of nitriles is 1. The van der Waals surface area contributed by atoms with Crippen LogP contribution in [0.15, 0.2) is 72.3 Å². The minimum Gasteiger partial charge on any atom is -0.450 e. The second-order valence-corrected chi connectivity index (χ2v) is 7.05. The van der Waals surface area contributed by atoms with Crippen molar-refractivity contribution in [1.82, 2.24) is 0 Å². The van der Waals surface area contributed by atoms with Gasteiger partial charge >= 0.3 is 11.9 Å². The summed E-state index contributed by atoms with van der Waals surface area (Å²) in [5.41, 5.74) is -0.529. The zero-order chi connectivity index (χ0) is 24.9. The van der Waals surface area contributed by atoms with E-state index >= 15 is 0 Å². The maximum absolute atomic E-state index is 12.9. The summed E-state index contributed by atoms with van der Waals surface area (Å²) in [5, 5.41) is 23.3. The van der Waals surface area contributed by atoms with Crippen molar-refractivity contribution in [2.75, 3.05) is 5.32 Å². The van der Waals surface area contributed by atoms with Crippen molar-refractivity contribution in [2.24, 2.45) is 0 Å². The van der Waals surface area contributed by atoms with Crippen molar-refractivity contribution in [2.45, 2.75) is 13.1 Å². The van der Waals surface area contributed by atoms with Gasteiger partial charge in [0.2, 0.25) is 5.75 Å². The number of nitro benzene ring substituents is 1. The van der Waals surface area contributed by atoms with E-state index in [2.05, 4.69) is 5.32 Å². The van der Waals surface area contributed by atoms with E-state index in [1.807, 2.05) is 6.07 Å². The fraction of sp³-hybridized carbons (Fsp3) is 0.0833. The van der Waals surface area contributed by atoms with Gasteiger partial charge in [0.15, 0.2) is 0 Å². The first-order valence-electron chi connectivity index (χ1n) is 9.71. The summed E-state index contributed by atoms with van der Waals surface area (Å²) in [7, 11) is 0. The Balaban J connectivity index is 1.86. The molecular weight excluding hydrogens is 451 g/mol. The monoisotopic (exact) mass is 467 g/mol. The van der Waals surface area contributed by atoms with Gasteiger partial charge in [0.05, 0.1) is 10.5 Å². The molecule has 7 nitrogen and oxygen atoms in total. The first-order valence-corrected chi connectivity index (χ1v) is 9.71. The van der Waals surface area contributed by atoms with Crippen LogP contribution in [0.1, 0.15) is 16.7 Å². The summed E-state index contributed by atoms with van der Waals surface area (Å²) in [6.45, 7) is 1.80. The lowest BCUT2D eigenvalue weighted by Crippen LogP contribution is -2.14. The number of hydrogen-bond donors (Lipinski definition) is 1. The number of carbonyl (C=O) groups excluding carboxylic acids is 1. The Morgan fingerprint density at radius 3 is 2.50 bits per heavy atom. The van der Waals surface area contributed by atoms with E-state index in [4.69, 9.17) is 4.74 Å². The van der Waals surface area contributed by atoms with Crippen LogP contribution < -0.4 is 10.1 Å². The Morgan fingerprint density at radius 2 is 1.85 bits per heavy atom. The quantitative estimate of drug-likeness (QED) is 0.199. The fourth-order valence-corrected chi connectivity index (χ4v) is 2.94. The Hall–Kier alpha value is -4.65. The molecule has 0 spiro atoms. The molecule has 10 heteroatoms. The first-order chi connectivity index (χ1) is 16.1. The van der Waals surface area contributed by atoms with Gasteiger partial charge in [-0.1, -0.05) is 30.3 Å². The van der Waals surface area contributed by atoms with Gasteiger partial charge in [-0.3, -0.25) is 14.9 Å². The molecule has 0 bridgehead atoms. The molecule has 172 valence electrons. The van der Waals surface area contributed by atoms with Crippen LogP contribution in [0.25, 0.3) is 6.08 Å². The van der Waals surface area contributed by atoms with Crippen molar-refractivity contribution in [3.63, 3.8) is 0 Å². The van der Waals surface area contributed by atoms with Crippen molar-refractivity contribution < 1.29 is 27.6 Å². The number of ether oxygens (including phenoxy) is 1. The molecule has 3 rings (SSSR count). The van der Waals surface area contributed by atoms with Crippen molar-refractivity contribution in [3.8, 4) is 17.6 Å². The van der Waals surface area contributed by atoms with E-state index in [9.17, 15) is 33.3 Å². The number of halogens is 3. The molecule has 0 unspecified atom stereocenters. The summed E-state index contributed by atoms with van der Waals surface area (Å²) in [6.07, 6.45) is -3.46. The number of nitrogens with one attached hydrogen (secondary N) is 1. The zero-order valence-corrected chi connectivity index (χ0v) is 17.6. The van der Waals surface area contributed by atoms with Crippen LogP contribution in [0.3, 0.4) is 0 Å². The minimum absolute atomic E-state index is 0.0632. The maximum Gasteiger partial charge on any atom is 0.416 e. The molecule has 0 heterocycles. The third-order valence-corrected chi connectivity index (χ3v) is 4.64. The number of rotatable bonds is 6. The number of anilines is 1. The lowest BCUT2D eigenvalue weighted by atomic mass is 10.1. The van der Waals surface area contributed by atoms with Crippen LogP contribution in [-0.4, -0.2) is 10.8 Å². The predicted octanol–water partition coefficient (Wildman–Crippen LogP) is 6.26. The van der Waals surface area contributed by atoms with Gasteiger partial charge in [0, 0.05) is 11.8 Å². The summed E-state index contributed by atoms with van der Waals surface area (Å²) in [5.74, 6) is -0.966. The fourth-order valence-electron chi connectivity index (χ4n) is 2.94. The molecule has 0 radical (unpaired) electrons. The van der Waals surface area contributed by atoms with Crippen LogP contribution in [0.2, 0.25) is 0 Å². The van der Waals surface area contributed by atoms with Gasteiger partial charge in [-0.15, -0.1) is 0 Å². The molecule has 0 aromatic heterocycles. The van der Waals surface area contributed by atoms with Gasteiger partial charge in [-0.05, 0) is 54.5 Å². The minimum atomic E-state index is -4.75. The topological polar surface area (TPSA) is 105 Å². The Morgan fingerprint density at radius 1 is 1.12 bits per heavy atom. The highest BCUT2D eigenvalue weighted by Gasteiger charge is 2.33. The lowest BCUT2D eigenvalue weighted by molar-refractivity contribution is -0.385. The van der Waals surface area contributed by atoms with Gasteiger partial charge < -0.3 is 10.1 Å². The number of benzene rings is 3. The smallest absolute Gasteiger partial charge is 0.416 e. The SMILES string of the molecule is Cc1ccccc1NC(=O)/C(C#N)=C\c1cccc(Oc2ccc(C(F)(F)F)cc2[N+](=O)[O-])c1. The maximum atomic E-state index is 12.9. The molecule has 0 fully saturated rings. The van der Waals surface area contributed by atoms with E-state index in [1.54, 1.807) is 37.3 Å². The van der Waals surface area contributed by atoms with Gasteiger partial charge in [0.25, 0.3) is 5.91 Å². The molecule has 3 aromatic rings. The second-order valence-electron chi connectivity index (χ2n) is 7.05. The van der Waals surface area contributed by atoms with Crippen LogP contribution >= 0.6 is 0 Å². The number of para-hydroxylation sites is 1. The number of alkyl halides is 3. The molecule has 3 aromatic carbocycles. The molecule has 0 aliphatic heterocycles. The van der Waals surface area contributed by atoms with Crippen molar-refractivity contribution in [1.29, 1.82) is 5.26 Å². The van der Waals surface area contributed by atoms with Gasteiger partial charge in [0.1, 0.15) is 17.4 Å². The Labute approximate surface area is 191 Å². The van der Waals surface area contributed by atoms with Gasteiger partial charge in [-0.2, -0.15) is 18.4 Å². The molecule has 0 saturated heterocycles. The number of hydrogen-bond acceptors (Lipinski definition) is 5. The van der Waals surface area contributed by atoms with E-state index in [0.717, 1.165) is 11.6 Å². The Kier molecular flexibility index (Phi) is 6.97. The number of nitro groups is 1. The molecule has 0 aliphatic rings. The second kappa shape index (κ2) is 9.87. The largest absolute Gasteiger partial charge is 0.450 e. The molecule has 0 atom stereocenters. The summed E-state index contributed by atoms with van der Waals surface area (Å²) < 4.78 is 44.1. The molecule has 34 heavy (non-hydrogen) atoms. The van der Waals surface area contributed by atoms with E-state index in [-0.39, 0.29) is 11.3 Å². The summed E-state index contributed by atoms with van der Waals surface area (Å²) in [4.78, 5) is 22.8. The van der Waals surface area contributed by atoms with Crippen molar-refractivity contribution in [3.05, 3.63) is 99.1 Å². The number of amides is 1. The number of nitrogens with zero attached hydrogens (tertiary/aromatic N) is 2. The van der Waals surface area contributed by atoms with E-state index in [1.165, 1.54) is 24.3 Å². The summed E-state index contributed by atoms with van der Waals surface area (Å²) >= 11 is 0. The standard InChI is InChI=1S/C24H16F3N3O4/c1-15-5-2-3-8-20(15)29-23(31)17(14-28)11-16-6-4-7-19(12-16)34-22-10-9-18(24(25,26)27)13-21(22)30(32)33/h2-13H,1H3,(H,29,31)/b17-11-. The average Bonchev–Trinajstić information content (AvgIpc) is 2.78. The third-order valence-electron chi connectivity index (χ3n) is 4.64. The normalized spacial score (nSPS) is 11.4. The zero-order valence-electron chi connectivity index (χ0n) is 17.6. The van der Waals surface area contributed by atoms with Crippen LogP contribution in [0.5, 0.6) is 11.5 Å². The van der Waals surface area contributed by atoms with Crippen LogP contribution in [0.4, 0.5) is 24.5 Å². The highest BCUT2D eigenvalue weighted by Crippen LogP contribution is 2.38. The highest BCUT2D eigenvalue weighted by molar-refractivity contribution is 6.09. The average molecular weight is 467 g/mol. The Bertz CT molecular complexity index is 1330. The molecule has 1 N–H and O–H groups in total. The number of carbonyl (C=O) groups is 1. The van der Waals surface area contributed by atoms with E-state index in [0.29, 0.717) is 23.4 Å².